The standard InChI is InChI=1S/C13H16N2O4S/c1-9(10-2-4-12(16)5-3-10)14-15-13(17)11-6-7-20(18,19)8-11/h2-5,11,16H,6-8H2,1H3,(H,15,17)/b14-9+/t11-/m1/s1. The summed E-state index contributed by atoms with van der Waals surface area (Å²) in [5.41, 5.74) is 3.75. The number of benzene rings is 1. The lowest BCUT2D eigenvalue weighted by atomic mass is 10.1. The van der Waals surface area contributed by atoms with Crippen LogP contribution in [0.3, 0.4) is 0 Å². The number of nitrogens with one attached hydrogen (secondary N) is 1. The van der Waals surface area contributed by atoms with Gasteiger partial charge in [-0.1, -0.05) is 0 Å². The Balaban J connectivity index is 1.98. The number of phenols is 1. The van der Waals surface area contributed by atoms with Crippen molar-refractivity contribution in [3.63, 3.8) is 0 Å². The van der Waals surface area contributed by atoms with Crippen LogP contribution in [-0.4, -0.2) is 36.6 Å². The molecule has 0 spiro atoms. The number of carbonyl (C=O) groups is 1. The van der Waals surface area contributed by atoms with Crippen LogP contribution in [0.4, 0.5) is 0 Å². The van der Waals surface area contributed by atoms with Crippen LogP contribution < -0.4 is 5.43 Å². The summed E-state index contributed by atoms with van der Waals surface area (Å²) in [6.45, 7) is 1.72. The predicted molar refractivity (Wildman–Crippen MR) is 75.2 cm³/mol. The molecule has 7 heteroatoms. The quantitative estimate of drug-likeness (QED) is 0.633. The second-order valence-electron chi connectivity index (χ2n) is 4.82. The number of nitrogens with zero attached hydrogens (tertiary/aromatic N) is 1. The number of sulfone groups is 1. The Morgan fingerprint density at radius 3 is 2.55 bits per heavy atom. The number of amides is 1. The molecule has 1 saturated heterocycles. The molecule has 0 aliphatic carbocycles. The molecule has 20 heavy (non-hydrogen) atoms. The minimum absolute atomic E-state index is 0.0613. The Morgan fingerprint density at radius 2 is 2.00 bits per heavy atom. The normalized spacial score (nSPS) is 21.6. The molecule has 2 rings (SSSR count). The predicted octanol–water partition coefficient (Wildman–Crippen LogP) is 0.667. The highest BCUT2D eigenvalue weighted by Crippen LogP contribution is 2.18. The maximum absolute atomic E-state index is 11.8. The molecule has 0 bridgehead atoms. The Morgan fingerprint density at radius 1 is 1.35 bits per heavy atom. The van der Waals surface area contributed by atoms with E-state index in [2.05, 4.69) is 10.5 Å². The van der Waals surface area contributed by atoms with Crippen molar-refractivity contribution >= 4 is 21.5 Å². The Kier molecular flexibility index (Phi) is 4.08. The minimum Gasteiger partial charge on any atom is -0.508 e. The maximum atomic E-state index is 11.8. The molecule has 2 N–H and O–H groups in total. The van der Waals surface area contributed by atoms with Gasteiger partial charge in [0.1, 0.15) is 5.75 Å². The van der Waals surface area contributed by atoms with E-state index < -0.39 is 15.8 Å². The Hall–Kier alpha value is -1.89. The van der Waals surface area contributed by atoms with Crippen molar-refractivity contribution < 1.29 is 18.3 Å². The molecule has 1 aromatic carbocycles. The number of carbonyl (C=O) groups excluding carboxylic acids is 1. The van der Waals surface area contributed by atoms with Gasteiger partial charge in [0.15, 0.2) is 9.84 Å². The lowest BCUT2D eigenvalue weighted by molar-refractivity contribution is -0.124. The summed E-state index contributed by atoms with van der Waals surface area (Å²) in [7, 11) is -3.07. The van der Waals surface area contributed by atoms with Gasteiger partial charge in [-0.15, -0.1) is 0 Å². The third-order valence-electron chi connectivity index (χ3n) is 3.22. The lowest BCUT2D eigenvalue weighted by Crippen LogP contribution is -2.28. The summed E-state index contributed by atoms with van der Waals surface area (Å²) in [4.78, 5) is 11.8. The van der Waals surface area contributed by atoms with E-state index in [9.17, 15) is 18.3 Å². The number of hydrogen-bond donors (Lipinski definition) is 2. The van der Waals surface area contributed by atoms with Crippen molar-refractivity contribution in [2.75, 3.05) is 11.5 Å². The van der Waals surface area contributed by atoms with E-state index in [0.29, 0.717) is 12.1 Å². The largest absolute Gasteiger partial charge is 0.508 e. The number of hydrazone groups is 1. The van der Waals surface area contributed by atoms with Gasteiger partial charge in [0.25, 0.3) is 0 Å². The van der Waals surface area contributed by atoms with Crippen molar-refractivity contribution in [3.8, 4) is 5.75 Å². The Bertz CT molecular complexity index is 635. The lowest BCUT2D eigenvalue weighted by Gasteiger charge is -2.06. The van der Waals surface area contributed by atoms with E-state index in [-0.39, 0.29) is 23.2 Å². The van der Waals surface area contributed by atoms with Gasteiger partial charge in [0.05, 0.1) is 23.1 Å². The van der Waals surface area contributed by atoms with Gasteiger partial charge in [-0.2, -0.15) is 5.10 Å². The first-order chi connectivity index (χ1) is 9.37. The molecule has 1 aromatic rings. The van der Waals surface area contributed by atoms with Gasteiger partial charge >= 0.3 is 0 Å². The third-order valence-corrected chi connectivity index (χ3v) is 4.99. The molecule has 1 heterocycles. The molecular weight excluding hydrogens is 280 g/mol. The first-order valence-electron chi connectivity index (χ1n) is 6.21. The van der Waals surface area contributed by atoms with Gasteiger partial charge in [-0.3, -0.25) is 4.79 Å². The van der Waals surface area contributed by atoms with Crippen molar-refractivity contribution in [1.82, 2.24) is 5.43 Å². The summed E-state index contributed by atoms with van der Waals surface area (Å²) in [5.74, 6) is -0.777. The second-order valence-corrected chi connectivity index (χ2v) is 7.05. The second kappa shape index (κ2) is 5.62. The SMILES string of the molecule is C/C(=N\NC(=O)[C@@H]1CCS(=O)(=O)C1)c1ccc(O)cc1. The highest BCUT2D eigenvalue weighted by atomic mass is 32.2. The van der Waals surface area contributed by atoms with Crippen molar-refractivity contribution in [2.45, 2.75) is 13.3 Å². The monoisotopic (exact) mass is 296 g/mol. The average molecular weight is 296 g/mol. The molecule has 1 amide bonds. The van der Waals surface area contributed by atoms with Crippen LogP contribution in [-0.2, 0) is 14.6 Å². The maximum Gasteiger partial charge on any atom is 0.244 e. The summed E-state index contributed by atoms with van der Waals surface area (Å²) in [6, 6.07) is 6.42. The molecule has 1 aliphatic heterocycles. The van der Waals surface area contributed by atoms with Crippen LogP contribution in [0.15, 0.2) is 29.4 Å². The molecule has 0 radical (unpaired) electrons. The molecular formula is C13H16N2O4S. The van der Waals surface area contributed by atoms with Crippen LogP contribution in [0.5, 0.6) is 5.75 Å². The summed E-state index contributed by atoms with van der Waals surface area (Å²) in [5, 5.41) is 13.1. The third kappa shape index (κ3) is 3.57. The number of rotatable bonds is 3. The zero-order valence-corrected chi connectivity index (χ0v) is 11.9. The van der Waals surface area contributed by atoms with E-state index >= 15 is 0 Å². The van der Waals surface area contributed by atoms with E-state index in [0.717, 1.165) is 5.56 Å². The van der Waals surface area contributed by atoms with E-state index in [1.807, 2.05) is 0 Å². The highest BCUT2D eigenvalue weighted by Gasteiger charge is 2.32. The molecule has 0 aromatic heterocycles. The topological polar surface area (TPSA) is 95.8 Å². The first-order valence-corrected chi connectivity index (χ1v) is 8.03. The van der Waals surface area contributed by atoms with Gasteiger partial charge in [-0.05, 0) is 43.2 Å². The molecule has 108 valence electrons. The van der Waals surface area contributed by atoms with Crippen LogP contribution in [0, 0.1) is 5.92 Å². The first kappa shape index (κ1) is 14.5. The molecule has 0 unspecified atom stereocenters. The van der Waals surface area contributed by atoms with Gasteiger partial charge in [0.2, 0.25) is 5.91 Å². The number of aromatic hydroxyl groups is 1. The van der Waals surface area contributed by atoms with Crippen LogP contribution in [0.1, 0.15) is 18.9 Å². The van der Waals surface area contributed by atoms with Crippen molar-refractivity contribution in [3.05, 3.63) is 29.8 Å². The summed E-state index contributed by atoms with van der Waals surface area (Å²) in [6.07, 6.45) is 0.349. The number of phenolic OH excluding ortho intramolecular Hbond substituents is 1. The van der Waals surface area contributed by atoms with Crippen molar-refractivity contribution in [2.24, 2.45) is 11.0 Å². The van der Waals surface area contributed by atoms with Crippen LogP contribution in [0.25, 0.3) is 0 Å². The van der Waals surface area contributed by atoms with Gasteiger partial charge < -0.3 is 5.11 Å². The van der Waals surface area contributed by atoms with E-state index in [1.165, 1.54) is 12.1 Å². The van der Waals surface area contributed by atoms with E-state index in [4.69, 9.17) is 0 Å². The van der Waals surface area contributed by atoms with Crippen LogP contribution >= 0.6 is 0 Å². The zero-order chi connectivity index (χ0) is 14.8. The summed E-state index contributed by atoms with van der Waals surface area (Å²) < 4.78 is 22.6. The molecule has 1 aliphatic rings. The van der Waals surface area contributed by atoms with Crippen LogP contribution in [0.2, 0.25) is 0 Å². The average Bonchev–Trinajstić information content (AvgIpc) is 2.77. The van der Waals surface area contributed by atoms with Gasteiger partial charge in [-0.25, -0.2) is 13.8 Å². The van der Waals surface area contributed by atoms with Crippen molar-refractivity contribution in [1.29, 1.82) is 0 Å². The minimum atomic E-state index is -3.07. The smallest absolute Gasteiger partial charge is 0.244 e. The zero-order valence-electron chi connectivity index (χ0n) is 11.0. The fourth-order valence-electron chi connectivity index (χ4n) is 2.00. The molecule has 1 fully saturated rings. The molecule has 0 saturated carbocycles. The molecule has 1 atom stereocenters. The highest BCUT2D eigenvalue weighted by molar-refractivity contribution is 7.91. The van der Waals surface area contributed by atoms with E-state index in [1.54, 1.807) is 19.1 Å². The number of hydrogen-bond acceptors (Lipinski definition) is 5. The summed E-state index contributed by atoms with van der Waals surface area (Å²) >= 11 is 0. The molecule has 6 nitrogen and oxygen atoms in total. The fraction of sp³-hybridized carbons (Fsp3) is 0.385. The fourth-order valence-corrected chi connectivity index (χ4v) is 3.74. The van der Waals surface area contributed by atoms with Gasteiger partial charge in [0, 0.05) is 0 Å². The Labute approximate surface area is 117 Å².